The minimum atomic E-state index is -0.702. The summed E-state index contributed by atoms with van der Waals surface area (Å²) in [5, 5.41) is 5.71. The van der Waals surface area contributed by atoms with Crippen LogP contribution in [0.3, 0.4) is 0 Å². The molecule has 1 unspecified atom stereocenters. The van der Waals surface area contributed by atoms with E-state index in [0.29, 0.717) is 36.6 Å². The Morgan fingerprint density at radius 2 is 1.93 bits per heavy atom. The van der Waals surface area contributed by atoms with Crippen molar-refractivity contribution in [3.63, 3.8) is 0 Å². The number of nitrogens with one attached hydrogen (secondary N) is 2. The Kier molecular flexibility index (Phi) is 5.37. The molecule has 2 N–H and O–H groups in total. The number of carbonyl (C=O) groups is 3. The Hall–Kier alpha value is -3.45. The first-order valence-corrected chi connectivity index (χ1v) is 9.95. The summed E-state index contributed by atoms with van der Waals surface area (Å²) < 4.78 is 0. The van der Waals surface area contributed by atoms with E-state index in [1.807, 2.05) is 36.4 Å². The second-order valence-electron chi connectivity index (χ2n) is 7.59. The first kappa shape index (κ1) is 19.8. The van der Waals surface area contributed by atoms with Crippen LogP contribution < -0.4 is 10.6 Å². The molecule has 0 saturated carbocycles. The van der Waals surface area contributed by atoms with E-state index in [9.17, 15) is 14.4 Å². The highest BCUT2D eigenvalue weighted by Gasteiger charge is 2.36. The summed E-state index contributed by atoms with van der Waals surface area (Å²) in [6.07, 6.45) is 0. The fraction of sp³-hybridized carbons (Fsp3) is 0.261. The molecule has 1 atom stereocenters. The highest BCUT2D eigenvalue weighted by atomic mass is 16.2. The standard InChI is InChI=1S/C23H24N4O3/c1-15-19-8-3-4-9-20(19)23(30)27(15)16(2)22(29)25-18-7-5-6-17(12-18)13-26-11-10-24-21(28)14-26/h3-9,12,16H,1,10-11,13-14H2,2H3,(H,24,28)(H,25,29). The highest BCUT2D eigenvalue weighted by molar-refractivity contribution is 6.11. The predicted molar refractivity (Wildman–Crippen MR) is 114 cm³/mol. The van der Waals surface area contributed by atoms with E-state index in [2.05, 4.69) is 22.1 Å². The Labute approximate surface area is 175 Å². The predicted octanol–water partition coefficient (Wildman–Crippen LogP) is 2.07. The first-order chi connectivity index (χ1) is 14.4. The van der Waals surface area contributed by atoms with Gasteiger partial charge in [-0.2, -0.15) is 0 Å². The largest absolute Gasteiger partial charge is 0.354 e. The van der Waals surface area contributed by atoms with Crippen molar-refractivity contribution < 1.29 is 14.4 Å². The van der Waals surface area contributed by atoms with Crippen LogP contribution in [-0.4, -0.2) is 53.2 Å². The summed E-state index contributed by atoms with van der Waals surface area (Å²) in [6.45, 7) is 8.13. The molecule has 2 heterocycles. The molecule has 0 spiro atoms. The van der Waals surface area contributed by atoms with Gasteiger partial charge < -0.3 is 10.6 Å². The number of amides is 3. The van der Waals surface area contributed by atoms with E-state index in [1.165, 1.54) is 4.90 Å². The van der Waals surface area contributed by atoms with Gasteiger partial charge in [0.15, 0.2) is 0 Å². The summed E-state index contributed by atoms with van der Waals surface area (Å²) in [7, 11) is 0. The summed E-state index contributed by atoms with van der Waals surface area (Å²) >= 11 is 0. The Bertz CT molecular complexity index is 998. The average Bonchev–Trinajstić information content (AvgIpc) is 2.98. The van der Waals surface area contributed by atoms with Crippen LogP contribution in [0.1, 0.15) is 28.4 Å². The third kappa shape index (κ3) is 3.84. The van der Waals surface area contributed by atoms with Crippen molar-refractivity contribution in [2.24, 2.45) is 0 Å². The highest BCUT2D eigenvalue weighted by Crippen LogP contribution is 2.33. The molecule has 0 aliphatic carbocycles. The van der Waals surface area contributed by atoms with E-state index in [1.54, 1.807) is 19.1 Å². The summed E-state index contributed by atoms with van der Waals surface area (Å²) in [6, 6.07) is 14.1. The van der Waals surface area contributed by atoms with Crippen molar-refractivity contribution in [2.75, 3.05) is 25.0 Å². The number of nitrogens with zero attached hydrogens (tertiary/aromatic N) is 2. The molecule has 7 nitrogen and oxygen atoms in total. The normalized spacial score (nSPS) is 17.5. The molecule has 7 heteroatoms. The molecule has 2 aliphatic rings. The Morgan fingerprint density at radius 3 is 2.67 bits per heavy atom. The van der Waals surface area contributed by atoms with Crippen molar-refractivity contribution in [3.05, 3.63) is 71.8 Å². The molecule has 2 aliphatic heterocycles. The van der Waals surface area contributed by atoms with E-state index >= 15 is 0 Å². The van der Waals surface area contributed by atoms with Crippen molar-refractivity contribution in [2.45, 2.75) is 19.5 Å². The van der Waals surface area contributed by atoms with Crippen LogP contribution >= 0.6 is 0 Å². The topological polar surface area (TPSA) is 81.8 Å². The fourth-order valence-electron chi connectivity index (χ4n) is 3.91. The zero-order valence-electron chi connectivity index (χ0n) is 16.9. The summed E-state index contributed by atoms with van der Waals surface area (Å²) in [4.78, 5) is 40.7. The molecule has 1 fully saturated rings. The molecule has 1 saturated heterocycles. The smallest absolute Gasteiger partial charge is 0.259 e. The number of rotatable bonds is 5. The van der Waals surface area contributed by atoms with Crippen LogP contribution in [0.5, 0.6) is 0 Å². The van der Waals surface area contributed by atoms with Gasteiger partial charge in [-0.1, -0.05) is 36.9 Å². The van der Waals surface area contributed by atoms with Crippen LogP contribution in [-0.2, 0) is 16.1 Å². The molecular weight excluding hydrogens is 380 g/mol. The zero-order valence-corrected chi connectivity index (χ0v) is 16.9. The zero-order chi connectivity index (χ0) is 21.3. The van der Waals surface area contributed by atoms with Gasteiger partial charge in [0, 0.05) is 42.1 Å². The monoisotopic (exact) mass is 404 g/mol. The van der Waals surface area contributed by atoms with Crippen LogP contribution in [0.25, 0.3) is 5.70 Å². The lowest BCUT2D eigenvalue weighted by molar-refractivity contribution is -0.124. The molecule has 4 rings (SSSR count). The SMILES string of the molecule is C=C1c2ccccc2C(=O)N1C(C)C(=O)Nc1cccc(CN2CCNC(=O)C2)c1. The van der Waals surface area contributed by atoms with Crippen molar-refractivity contribution in [1.29, 1.82) is 0 Å². The lowest BCUT2D eigenvalue weighted by Crippen LogP contribution is -2.47. The molecule has 154 valence electrons. The second-order valence-corrected chi connectivity index (χ2v) is 7.59. The van der Waals surface area contributed by atoms with Gasteiger partial charge in [0.2, 0.25) is 11.8 Å². The number of fused-ring (bicyclic) bond motifs is 1. The Balaban J connectivity index is 1.43. The lowest BCUT2D eigenvalue weighted by atomic mass is 10.1. The van der Waals surface area contributed by atoms with Gasteiger partial charge in [-0.3, -0.25) is 24.2 Å². The third-order valence-electron chi connectivity index (χ3n) is 5.46. The van der Waals surface area contributed by atoms with E-state index in [-0.39, 0.29) is 17.7 Å². The average molecular weight is 404 g/mol. The molecule has 0 bridgehead atoms. The molecule has 2 aromatic carbocycles. The van der Waals surface area contributed by atoms with Crippen molar-refractivity contribution in [1.82, 2.24) is 15.1 Å². The second kappa shape index (κ2) is 8.12. The van der Waals surface area contributed by atoms with Crippen molar-refractivity contribution in [3.8, 4) is 0 Å². The van der Waals surface area contributed by atoms with Gasteiger partial charge in [-0.25, -0.2) is 0 Å². The number of benzene rings is 2. The number of piperazine rings is 1. The van der Waals surface area contributed by atoms with Crippen LogP contribution in [0.4, 0.5) is 5.69 Å². The van der Waals surface area contributed by atoms with Gasteiger partial charge in [0.25, 0.3) is 5.91 Å². The van der Waals surface area contributed by atoms with Gasteiger partial charge in [0.05, 0.1) is 6.54 Å². The molecule has 30 heavy (non-hydrogen) atoms. The molecule has 2 aromatic rings. The van der Waals surface area contributed by atoms with Gasteiger partial charge in [0.1, 0.15) is 6.04 Å². The van der Waals surface area contributed by atoms with Gasteiger partial charge in [-0.05, 0) is 30.7 Å². The minimum Gasteiger partial charge on any atom is -0.354 e. The maximum atomic E-state index is 12.9. The van der Waals surface area contributed by atoms with Crippen molar-refractivity contribution >= 4 is 29.1 Å². The van der Waals surface area contributed by atoms with Crippen LogP contribution in [0, 0.1) is 0 Å². The maximum Gasteiger partial charge on any atom is 0.259 e. The first-order valence-electron chi connectivity index (χ1n) is 9.95. The van der Waals surface area contributed by atoms with Gasteiger partial charge >= 0.3 is 0 Å². The quantitative estimate of drug-likeness (QED) is 0.799. The van der Waals surface area contributed by atoms with E-state index in [0.717, 1.165) is 17.7 Å². The summed E-state index contributed by atoms with van der Waals surface area (Å²) in [5.74, 6) is -0.474. The summed E-state index contributed by atoms with van der Waals surface area (Å²) in [5.41, 5.74) is 3.52. The molecule has 0 radical (unpaired) electrons. The van der Waals surface area contributed by atoms with E-state index in [4.69, 9.17) is 0 Å². The lowest BCUT2D eigenvalue weighted by Gasteiger charge is -2.27. The van der Waals surface area contributed by atoms with Gasteiger partial charge in [-0.15, -0.1) is 0 Å². The number of hydrogen-bond acceptors (Lipinski definition) is 4. The van der Waals surface area contributed by atoms with E-state index < -0.39 is 6.04 Å². The Morgan fingerprint density at radius 1 is 1.17 bits per heavy atom. The molecule has 0 aromatic heterocycles. The molecule has 3 amide bonds. The molecular formula is C23H24N4O3. The number of carbonyl (C=O) groups excluding carboxylic acids is 3. The maximum absolute atomic E-state index is 12.9. The van der Waals surface area contributed by atoms with Crippen LogP contribution in [0.15, 0.2) is 55.1 Å². The number of hydrogen-bond donors (Lipinski definition) is 2. The fourth-order valence-corrected chi connectivity index (χ4v) is 3.91. The van der Waals surface area contributed by atoms with Crippen LogP contribution in [0.2, 0.25) is 0 Å². The third-order valence-corrected chi connectivity index (χ3v) is 5.46. The minimum absolute atomic E-state index is 0.0241. The number of anilines is 1.